The summed E-state index contributed by atoms with van der Waals surface area (Å²) in [5, 5.41) is 11.1. The second-order valence-electron chi connectivity index (χ2n) is 4.88. The Hall–Kier alpha value is -2.00. The molecular weight excluding hydrogens is 312 g/mol. The summed E-state index contributed by atoms with van der Waals surface area (Å²) in [6, 6.07) is 4.17. The van der Waals surface area contributed by atoms with Crippen LogP contribution in [0.5, 0.6) is 0 Å². The lowest BCUT2D eigenvalue weighted by atomic mass is 10.1. The SMILES string of the molecule is COC(=O)[C@@H]1CCCCN1S(=O)(=O)c1ccccc1[N+](=O)[O-]. The predicted molar refractivity (Wildman–Crippen MR) is 76.6 cm³/mol. The van der Waals surface area contributed by atoms with Crippen LogP contribution in [0.3, 0.4) is 0 Å². The second kappa shape index (κ2) is 6.41. The van der Waals surface area contributed by atoms with E-state index in [0.717, 1.165) is 10.4 Å². The van der Waals surface area contributed by atoms with Crippen LogP contribution in [0.15, 0.2) is 29.2 Å². The Kier molecular flexibility index (Phi) is 4.77. The average Bonchev–Trinajstić information content (AvgIpc) is 2.54. The van der Waals surface area contributed by atoms with E-state index in [2.05, 4.69) is 4.74 Å². The minimum absolute atomic E-state index is 0.133. The highest BCUT2D eigenvalue weighted by atomic mass is 32.2. The van der Waals surface area contributed by atoms with Crippen molar-refractivity contribution in [1.82, 2.24) is 4.31 Å². The molecule has 22 heavy (non-hydrogen) atoms. The fraction of sp³-hybridized carbons (Fsp3) is 0.462. The molecule has 1 saturated heterocycles. The highest BCUT2D eigenvalue weighted by Gasteiger charge is 2.40. The topological polar surface area (TPSA) is 107 Å². The van der Waals surface area contributed by atoms with E-state index in [0.29, 0.717) is 19.3 Å². The molecule has 9 heteroatoms. The van der Waals surface area contributed by atoms with Gasteiger partial charge in [-0.2, -0.15) is 4.31 Å². The van der Waals surface area contributed by atoms with Crippen molar-refractivity contribution in [3.05, 3.63) is 34.4 Å². The molecule has 0 saturated carbocycles. The number of hydrogen-bond donors (Lipinski definition) is 0. The Morgan fingerprint density at radius 3 is 2.68 bits per heavy atom. The first-order valence-corrected chi connectivity index (χ1v) is 8.16. The maximum absolute atomic E-state index is 12.8. The van der Waals surface area contributed by atoms with Gasteiger partial charge in [0.2, 0.25) is 0 Å². The number of carbonyl (C=O) groups is 1. The molecule has 0 amide bonds. The fourth-order valence-electron chi connectivity index (χ4n) is 2.52. The zero-order chi connectivity index (χ0) is 16.3. The fourth-order valence-corrected chi connectivity index (χ4v) is 4.32. The minimum Gasteiger partial charge on any atom is -0.468 e. The number of sulfonamides is 1. The van der Waals surface area contributed by atoms with Gasteiger partial charge in [0.05, 0.1) is 12.0 Å². The van der Waals surface area contributed by atoms with Gasteiger partial charge in [0.25, 0.3) is 15.7 Å². The van der Waals surface area contributed by atoms with E-state index in [1.54, 1.807) is 0 Å². The van der Waals surface area contributed by atoms with Crippen molar-refractivity contribution in [2.24, 2.45) is 0 Å². The number of piperidine rings is 1. The molecule has 120 valence electrons. The van der Waals surface area contributed by atoms with Gasteiger partial charge < -0.3 is 4.74 Å². The molecule has 2 rings (SSSR count). The van der Waals surface area contributed by atoms with Crippen LogP contribution >= 0.6 is 0 Å². The lowest BCUT2D eigenvalue weighted by Gasteiger charge is -2.32. The van der Waals surface area contributed by atoms with Gasteiger partial charge in [-0.05, 0) is 25.3 Å². The van der Waals surface area contributed by atoms with Crippen LogP contribution in [0.1, 0.15) is 19.3 Å². The van der Waals surface area contributed by atoms with Gasteiger partial charge >= 0.3 is 5.97 Å². The number of nitro groups is 1. The summed E-state index contributed by atoms with van der Waals surface area (Å²) in [6.45, 7) is 0.133. The molecule has 0 aromatic heterocycles. The number of benzene rings is 1. The quantitative estimate of drug-likeness (QED) is 0.468. The Morgan fingerprint density at radius 1 is 1.36 bits per heavy atom. The molecular formula is C13H16N2O6S. The zero-order valence-corrected chi connectivity index (χ0v) is 12.8. The molecule has 0 spiro atoms. The molecule has 1 atom stereocenters. The zero-order valence-electron chi connectivity index (χ0n) is 12.0. The summed E-state index contributed by atoms with van der Waals surface area (Å²) in [7, 11) is -2.96. The Bertz CT molecular complexity index is 688. The van der Waals surface area contributed by atoms with Gasteiger partial charge in [-0.1, -0.05) is 12.1 Å². The smallest absolute Gasteiger partial charge is 0.324 e. The number of carbonyl (C=O) groups excluding carboxylic acids is 1. The van der Waals surface area contributed by atoms with Crippen molar-refractivity contribution in [3.63, 3.8) is 0 Å². The van der Waals surface area contributed by atoms with Crippen LogP contribution < -0.4 is 0 Å². The molecule has 0 N–H and O–H groups in total. The molecule has 1 aromatic rings. The van der Waals surface area contributed by atoms with E-state index >= 15 is 0 Å². The van der Waals surface area contributed by atoms with Crippen molar-refractivity contribution in [3.8, 4) is 0 Å². The molecule has 0 unspecified atom stereocenters. The van der Waals surface area contributed by atoms with Crippen molar-refractivity contribution in [2.75, 3.05) is 13.7 Å². The number of nitrogens with zero attached hydrogens (tertiary/aromatic N) is 2. The van der Waals surface area contributed by atoms with Gasteiger partial charge in [-0.3, -0.25) is 14.9 Å². The highest BCUT2D eigenvalue weighted by Crippen LogP contribution is 2.30. The first-order chi connectivity index (χ1) is 10.4. The Labute approximate surface area is 127 Å². The van der Waals surface area contributed by atoms with Crippen molar-refractivity contribution >= 4 is 21.7 Å². The molecule has 1 heterocycles. The second-order valence-corrected chi connectivity index (χ2v) is 6.73. The lowest BCUT2D eigenvalue weighted by molar-refractivity contribution is -0.387. The number of methoxy groups -OCH3 is 1. The molecule has 1 aromatic carbocycles. The normalized spacial score (nSPS) is 19.6. The number of hydrogen-bond acceptors (Lipinski definition) is 6. The van der Waals surface area contributed by atoms with Crippen molar-refractivity contribution < 1.29 is 22.9 Å². The third kappa shape index (κ3) is 2.95. The summed E-state index contributed by atoms with van der Waals surface area (Å²) in [5.41, 5.74) is -0.503. The van der Waals surface area contributed by atoms with E-state index in [1.165, 1.54) is 25.3 Å². The van der Waals surface area contributed by atoms with E-state index in [-0.39, 0.29) is 6.54 Å². The summed E-state index contributed by atoms with van der Waals surface area (Å²) < 4.78 is 31.2. The molecule has 1 fully saturated rings. The van der Waals surface area contributed by atoms with Crippen LogP contribution in [0, 0.1) is 10.1 Å². The number of para-hydroxylation sites is 1. The minimum atomic E-state index is -4.15. The third-order valence-corrected chi connectivity index (χ3v) is 5.53. The summed E-state index contributed by atoms with van der Waals surface area (Å²) in [6.07, 6.45) is 1.63. The molecule has 0 aliphatic carbocycles. The van der Waals surface area contributed by atoms with Crippen LogP contribution in [0.25, 0.3) is 0 Å². The number of ether oxygens (including phenoxy) is 1. The summed E-state index contributed by atoms with van der Waals surface area (Å²) in [4.78, 5) is 21.7. The van der Waals surface area contributed by atoms with Gasteiger partial charge in [-0.15, -0.1) is 0 Å². The standard InChI is InChI=1S/C13H16N2O6S/c1-21-13(16)11-7-4-5-9-14(11)22(19,20)12-8-3-2-6-10(12)15(17)18/h2-3,6,8,11H,4-5,7,9H2,1H3/t11-/m0/s1. The molecule has 8 nitrogen and oxygen atoms in total. The van der Waals surface area contributed by atoms with E-state index < -0.39 is 37.5 Å². The van der Waals surface area contributed by atoms with Gasteiger partial charge in [0.1, 0.15) is 6.04 Å². The van der Waals surface area contributed by atoms with Gasteiger partial charge in [-0.25, -0.2) is 8.42 Å². The molecule has 1 aliphatic rings. The highest BCUT2D eigenvalue weighted by molar-refractivity contribution is 7.89. The summed E-state index contributed by atoms with van der Waals surface area (Å²) in [5.74, 6) is -0.651. The number of rotatable bonds is 4. The summed E-state index contributed by atoms with van der Waals surface area (Å²) >= 11 is 0. The van der Waals surface area contributed by atoms with Crippen molar-refractivity contribution in [1.29, 1.82) is 0 Å². The van der Waals surface area contributed by atoms with E-state index in [9.17, 15) is 23.3 Å². The maximum Gasteiger partial charge on any atom is 0.324 e. The first-order valence-electron chi connectivity index (χ1n) is 6.72. The van der Waals surface area contributed by atoms with E-state index in [1.807, 2.05) is 0 Å². The Balaban J connectivity index is 2.49. The molecule has 1 aliphatic heterocycles. The molecule has 0 bridgehead atoms. The number of esters is 1. The van der Waals surface area contributed by atoms with Gasteiger partial charge in [0.15, 0.2) is 4.90 Å². The maximum atomic E-state index is 12.8. The van der Waals surface area contributed by atoms with Crippen molar-refractivity contribution in [2.45, 2.75) is 30.2 Å². The first kappa shape index (κ1) is 16.4. The third-order valence-electron chi connectivity index (χ3n) is 3.58. The monoisotopic (exact) mass is 328 g/mol. The largest absolute Gasteiger partial charge is 0.468 e. The van der Waals surface area contributed by atoms with Crippen LogP contribution in [0.4, 0.5) is 5.69 Å². The van der Waals surface area contributed by atoms with Crippen LogP contribution in [-0.2, 0) is 19.6 Å². The predicted octanol–water partition coefficient (Wildman–Crippen LogP) is 1.31. The Morgan fingerprint density at radius 2 is 2.05 bits per heavy atom. The number of nitro benzene ring substituents is 1. The molecule has 0 radical (unpaired) electrons. The van der Waals surface area contributed by atoms with Crippen LogP contribution in [-0.4, -0.2) is 43.3 Å². The van der Waals surface area contributed by atoms with E-state index in [4.69, 9.17) is 0 Å². The van der Waals surface area contributed by atoms with Gasteiger partial charge in [0, 0.05) is 12.6 Å². The lowest BCUT2D eigenvalue weighted by Crippen LogP contribution is -2.48. The van der Waals surface area contributed by atoms with Crippen LogP contribution in [0.2, 0.25) is 0 Å². The average molecular weight is 328 g/mol.